The zero-order chi connectivity index (χ0) is 16.5. The topological polar surface area (TPSA) is 83.5 Å². The van der Waals surface area contributed by atoms with Crippen LogP contribution in [-0.2, 0) is 28.1 Å². The molecule has 0 bridgehead atoms. The summed E-state index contributed by atoms with van der Waals surface area (Å²) in [5, 5.41) is 0. The maximum Gasteiger partial charge on any atom is 0.499 e. The zero-order valence-electron chi connectivity index (χ0n) is 13.8. The first kappa shape index (κ1) is 22.0. The van der Waals surface area contributed by atoms with E-state index in [0.717, 1.165) is 19.3 Å². The van der Waals surface area contributed by atoms with Gasteiger partial charge in [0.1, 0.15) is 0 Å². The van der Waals surface area contributed by atoms with Crippen LogP contribution in [0, 0.1) is 0 Å². The van der Waals surface area contributed by atoms with E-state index < -0.39 is 7.82 Å². The molecular weight excluding hydrogens is 311 g/mol. The van der Waals surface area contributed by atoms with Crippen molar-refractivity contribution in [3.05, 3.63) is 0 Å². The van der Waals surface area contributed by atoms with Gasteiger partial charge in [-0.05, 0) is 13.3 Å². The van der Waals surface area contributed by atoms with E-state index in [0.29, 0.717) is 19.8 Å². The fourth-order valence-electron chi connectivity index (χ4n) is 1.64. The van der Waals surface area contributed by atoms with Crippen LogP contribution in [0.25, 0.3) is 0 Å². The molecule has 0 aliphatic rings. The fourth-order valence-corrected chi connectivity index (χ4v) is 2.20. The number of phosphoric ester groups is 1. The average Bonchev–Trinajstić information content (AvgIpc) is 2.49. The third-order valence-corrected chi connectivity index (χ3v) is 3.59. The van der Waals surface area contributed by atoms with E-state index >= 15 is 0 Å². The highest BCUT2D eigenvalue weighted by Gasteiger charge is 2.22. The lowest BCUT2D eigenvalue weighted by Crippen LogP contribution is -2.09. The molecule has 22 heavy (non-hydrogen) atoms. The predicted molar refractivity (Wildman–Crippen MR) is 83.5 cm³/mol. The van der Waals surface area contributed by atoms with Crippen molar-refractivity contribution >= 4 is 7.82 Å². The van der Waals surface area contributed by atoms with Gasteiger partial charge in [0.25, 0.3) is 0 Å². The minimum atomic E-state index is -4.15. The van der Waals surface area contributed by atoms with E-state index in [1.54, 1.807) is 0 Å². The predicted octanol–water partition coefficient (Wildman–Crippen LogP) is 3.47. The van der Waals surface area contributed by atoms with E-state index in [-0.39, 0.29) is 19.8 Å². The van der Waals surface area contributed by atoms with Crippen molar-refractivity contribution in [3.8, 4) is 0 Å². The third-order valence-electron chi connectivity index (χ3n) is 2.79. The smallest absolute Gasteiger partial charge is 0.379 e. The minimum Gasteiger partial charge on any atom is -0.379 e. The van der Waals surface area contributed by atoms with Crippen LogP contribution in [0.2, 0.25) is 0 Å². The quantitative estimate of drug-likeness (QED) is 0.187. The van der Waals surface area contributed by atoms with E-state index in [4.69, 9.17) is 18.9 Å². The highest BCUT2D eigenvalue weighted by Crippen LogP contribution is 2.43. The van der Waals surface area contributed by atoms with Crippen LogP contribution < -0.4 is 0 Å². The monoisotopic (exact) mass is 342 g/mol. The molecule has 0 aliphatic carbocycles. The summed E-state index contributed by atoms with van der Waals surface area (Å²) < 4.78 is 30.7. The summed E-state index contributed by atoms with van der Waals surface area (Å²) in [5.74, 6) is 0. The molecule has 0 fully saturated rings. The van der Waals surface area contributed by atoms with Gasteiger partial charge in [0, 0.05) is 6.61 Å². The molecule has 0 amide bonds. The summed E-state index contributed by atoms with van der Waals surface area (Å²) in [5.41, 5.74) is 0. The van der Waals surface area contributed by atoms with E-state index in [1.165, 1.54) is 19.3 Å². The first-order valence-corrected chi connectivity index (χ1v) is 9.56. The number of rotatable bonds is 17. The number of hydrogen-bond acceptors (Lipinski definition) is 6. The van der Waals surface area contributed by atoms with Gasteiger partial charge in [-0.1, -0.05) is 39.0 Å². The van der Waals surface area contributed by atoms with Crippen LogP contribution in [0.4, 0.5) is 0 Å². The summed E-state index contributed by atoms with van der Waals surface area (Å²) in [6.07, 6.45) is 6.62. The summed E-state index contributed by atoms with van der Waals surface area (Å²) in [7, 11) is -4.15. The molecule has 0 saturated heterocycles. The van der Waals surface area contributed by atoms with Gasteiger partial charge < -0.3 is 14.4 Å². The molecule has 1 atom stereocenters. The maximum atomic E-state index is 11.4. The molecule has 0 aliphatic heterocycles. The van der Waals surface area contributed by atoms with Gasteiger partial charge in [0.05, 0.1) is 33.0 Å². The Kier molecular flexibility index (Phi) is 15.9. The van der Waals surface area contributed by atoms with Gasteiger partial charge in [-0.2, -0.15) is 0 Å². The number of phosphoric acid groups is 1. The average molecular weight is 342 g/mol. The fraction of sp³-hybridized carbons (Fsp3) is 1.00. The number of hydrogen-bond donors (Lipinski definition) is 1. The van der Waals surface area contributed by atoms with Gasteiger partial charge in [0.15, 0.2) is 0 Å². The molecule has 0 heterocycles. The van der Waals surface area contributed by atoms with Crippen molar-refractivity contribution in [1.82, 2.24) is 0 Å². The first-order chi connectivity index (χ1) is 10.6. The standard InChI is InChI=1S/C14H31O7P/c1-3-5-6-7-8-9-10-19-21-22(15,16)20-14-13-18-12-11-17-4-2/h3-14H2,1-2H3,(H,15,16). The Morgan fingerprint density at radius 2 is 1.45 bits per heavy atom. The lowest BCUT2D eigenvalue weighted by molar-refractivity contribution is -0.225. The molecule has 0 aromatic carbocycles. The Balaban J connectivity index is 3.36. The van der Waals surface area contributed by atoms with Crippen LogP contribution in [0.1, 0.15) is 52.4 Å². The molecule has 1 N–H and O–H groups in total. The van der Waals surface area contributed by atoms with E-state index in [9.17, 15) is 9.46 Å². The molecule has 0 spiro atoms. The lowest BCUT2D eigenvalue weighted by atomic mass is 10.1. The van der Waals surface area contributed by atoms with E-state index in [2.05, 4.69) is 11.6 Å². The van der Waals surface area contributed by atoms with Gasteiger partial charge in [0.2, 0.25) is 0 Å². The summed E-state index contributed by atoms with van der Waals surface area (Å²) in [6, 6.07) is 0. The van der Waals surface area contributed by atoms with Crippen LogP contribution >= 0.6 is 7.82 Å². The molecule has 8 heteroatoms. The van der Waals surface area contributed by atoms with Crippen LogP contribution in [0.5, 0.6) is 0 Å². The largest absolute Gasteiger partial charge is 0.499 e. The summed E-state index contributed by atoms with van der Waals surface area (Å²) in [4.78, 5) is 14.0. The summed E-state index contributed by atoms with van der Waals surface area (Å²) >= 11 is 0. The highest BCUT2D eigenvalue weighted by atomic mass is 31.2. The molecule has 0 radical (unpaired) electrons. The van der Waals surface area contributed by atoms with Gasteiger partial charge in [-0.3, -0.25) is 4.52 Å². The molecule has 0 aromatic rings. The first-order valence-electron chi connectivity index (χ1n) is 8.06. The van der Waals surface area contributed by atoms with Crippen LogP contribution in [0.15, 0.2) is 0 Å². The molecule has 0 aromatic heterocycles. The summed E-state index contributed by atoms with van der Waals surface area (Å²) in [6.45, 7) is 6.04. The molecule has 0 rings (SSSR count). The Labute approximate surface area is 133 Å². The normalized spacial score (nSPS) is 14.1. The molecule has 0 saturated carbocycles. The third kappa shape index (κ3) is 16.4. The van der Waals surface area contributed by atoms with Crippen molar-refractivity contribution in [2.75, 3.05) is 39.6 Å². The number of unbranched alkanes of at least 4 members (excludes halogenated alkanes) is 5. The van der Waals surface area contributed by atoms with Crippen LogP contribution in [-0.4, -0.2) is 44.5 Å². The van der Waals surface area contributed by atoms with Crippen molar-refractivity contribution in [2.24, 2.45) is 0 Å². The molecule has 1 unspecified atom stereocenters. The second-order valence-electron chi connectivity index (χ2n) is 4.78. The maximum absolute atomic E-state index is 11.4. The van der Waals surface area contributed by atoms with Crippen molar-refractivity contribution in [3.63, 3.8) is 0 Å². The van der Waals surface area contributed by atoms with Gasteiger partial charge in [-0.25, -0.2) is 9.45 Å². The SMILES string of the molecule is CCCCCCCCOOP(=O)(O)OCCOCCOCC. The van der Waals surface area contributed by atoms with Crippen molar-refractivity contribution in [2.45, 2.75) is 52.4 Å². The second kappa shape index (κ2) is 15.9. The van der Waals surface area contributed by atoms with Gasteiger partial charge in [-0.15, -0.1) is 4.67 Å². The number of ether oxygens (including phenoxy) is 2. The second-order valence-corrected chi connectivity index (χ2v) is 6.12. The lowest BCUT2D eigenvalue weighted by Gasteiger charge is -2.11. The van der Waals surface area contributed by atoms with E-state index in [1.807, 2.05) is 6.92 Å². The molecule has 7 nitrogen and oxygen atoms in total. The Bertz CT molecular complexity index is 276. The highest BCUT2D eigenvalue weighted by molar-refractivity contribution is 7.47. The van der Waals surface area contributed by atoms with Crippen molar-refractivity contribution < 1.29 is 33.0 Å². The van der Waals surface area contributed by atoms with Crippen LogP contribution in [0.3, 0.4) is 0 Å². The molecule has 134 valence electrons. The Morgan fingerprint density at radius 3 is 2.18 bits per heavy atom. The van der Waals surface area contributed by atoms with Crippen molar-refractivity contribution in [1.29, 1.82) is 0 Å². The minimum absolute atomic E-state index is 0.0414. The molecular formula is C14H31O7P. The Hall–Kier alpha value is -0.0100. The van der Waals surface area contributed by atoms with Gasteiger partial charge >= 0.3 is 7.82 Å². The Morgan fingerprint density at radius 1 is 0.818 bits per heavy atom. The zero-order valence-corrected chi connectivity index (χ0v) is 14.7.